The van der Waals surface area contributed by atoms with Crippen LogP contribution in [0.3, 0.4) is 0 Å². The van der Waals surface area contributed by atoms with E-state index in [0.29, 0.717) is 6.61 Å². The molecule has 0 saturated heterocycles. The van der Waals surface area contributed by atoms with Crippen LogP contribution in [-0.2, 0) is 6.54 Å². The molecule has 0 spiro atoms. The molecule has 0 bridgehead atoms. The lowest BCUT2D eigenvalue weighted by molar-refractivity contribution is 0.297. The molecular weight excluding hydrogens is 260 g/mol. The molecule has 0 saturated carbocycles. The number of fused-ring (bicyclic) bond motifs is 1. The van der Waals surface area contributed by atoms with E-state index in [1.165, 1.54) is 0 Å². The second-order valence-electron chi connectivity index (χ2n) is 4.36. The highest BCUT2D eigenvalue weighted by atomic mass is 32.1. The molecule has 1 N–H and O–H groups in total. The van der Waals surface area contributed by atoms with Gasteiger partial charge in [0, 0.05) is 19.2 Å². The Morgan fingerprint density at radius 2 is 2.11 bits per heavy atom. The van der Waals surface area contributed by atoms with E-state index in [1.54, 1.807) is 11.3 Å². The van der Waals surface area contributed by atoms with Crippen LogP contribution in [0.2, 0.25) is 0 Å². The zero-order valence-electron chi connectivity index (χ0n) is 10.8. The lowest BCUT2D eigenvalue weighted by atomic mass is 10.2. The van der Waals surface area contributed by atoms with Gasteiger partial charge in [0.25, 0.3) is 0 Å². The first kappa shape index (κ1) is 12.4. The molecular formula is C14H16N2O2S. The van der Waals surface area contributed by atoms with E-state index < -0.39 is 0 Å². The van der Waals surface area contributed by atoms with Crippen molar-refractivity contribution in [2.75, 3.05) is 20.3 Å². The number of ether oxygens (including phenoxy) is 2. The molecule has 0 radical (unpaired) electrons. The third-order valence-corrected chi connectivity index (χ3v) is 3.96. The van der Waals surface area contributed by atoms with E-state index in [4.69, 9.17) is 9.47 Å². The summed E-state index contributed by atoms with van der Waals surface area (Å²) in [4.78, 5) is 5.55. The smallest absolute Gasteiger partial charge is 0.161 e. The fraction of sp³-hybridized carbons (Fsp3) is 0.357. The van der Waals surface area contributed by atoms with Gasteiger partial charge >= 0.3 is 0 Å². The van der Waals surface area contributed by atoms with Crippen molar-refractivity contribution in [2.24, 2.45) is 0 Å². The number of rotatable bonds is 3. The van der Waals surface area contributed by atoms with Crippen LogP contribution in [-0.4, -0.2) is 25.2 Å². The normalized spacial score (nSPS) is 14.2. The molecule has 1 aromatic heterocycles. The van der Waals surface area contributed by atoms with Crippen molar-refractivity contribution in [3.05, 3.63) is 29.4 Å². The third-order valence-electron chi connectivity index (χ3n) is 2.91. The molecule has 2 heterocycles. The number of aromatic nitrogens is 1. The molecule has 1 aliphatic rings. The van der Waals surface area contributed by atoms with Crippen LogP contribution in [0.25, 0.3) is 10.4 Å². The monoisotopic (exact) mass is 276 g/mol. The molecule has 0 atom stereocenters. The van der Waals surface area contributed by atoms with Gasteiger partial charge in [0.1, 0.15) is 5.01 Å². The van der Waals surface area contributed by atoms with Gasteiger partial charge in [-0.3, -0.25) is 0 Å². The van der Waals surface area contributed by atoms with Gasteiger partial charge in [-0.05, 0) is 30.8 Å². The zero-order valence-corrected chi connectivity index (χ0v) is 11.6. The predicted molar refractivity (Wildman–Crippen MR) is 75.9 cm³/mol. The first-order chi connectivity index (χ1) is 9.36. The summed E-state index contributed by atoms with van der Waals surface area (Å²) in [5, 5.41) is 4.20. The molecule has 4 nitrogen and oxygen atoms in total. The summed E-state index contributed by atoms with van der Waals surface area (Å²) in [5.41, 5.74) is 1.13. The third kappa shape index (κ3) is 2.72. The molecule has 0 amide bonds. The summed E-state index contributed by atoms with van der Waals surface area (Å²) in [6.07, 6.45) is 2.84. The van der Waals surface area contributed by atoms with Crippen molar-refractivity contribution in [3.63, 3.8) is 0 Å². The van der Waals surface area contributed by atoms with Crippen molar-refractivity contribution in [1.29, 1.82) is 0 Å². The van der Waals surface area contributed by atoms with E-state index in [9.17, 15) is 0 Å². The van der Waals surface area contributed by atoms with E-state index >= 15 is 0 Å². The Morgan fingerprint density at radius 1 is 1.26 bits per heavy atom. The van der Waals surface area contributed by atoms with Crippen molar-refractivity contribution in [2.45, 2.75) is 13.0 Å². The Bertz CT molecular complexity index is 568. The van der Waals surface area contributed by atoms with Crippen LogP contribution in [0.5, 0.6) is 11.5 Å². The topological polar surface area (TPSA) is 43.4 Å². The zero-order chi connectivity index (χ0) is 13.1. The van der Waals surface area contributed by atoms with Crippen LogP contribution >= 0.6 is 11.3 Å². The lowest BCUT2D eigenvalue weighted by Gasteiger charge is -2.08. The van der Waals surface area contributed by atoms with Gasteiger partial charge < -0.3 is 14.8 Å². The highest BCUT2D eigenvalue weighted by Crippen LogP contribution is 2.35. The van der Waals surface area contributed by atoms with Gasteiger partial charge in [0.05, 0.1) is 18.1 Å². The molecule has 5 heteroatoms. The van der Waals surface area contributed by atoms with Crippen LogP contribution in [0, 0.1) is 0 Å². The molecule has 100 valence electrons. The summed E-state index contributed by atoms with van der Waals surface area (Å²) in [7, 11) is 1.93. The first-order valence-corrected chi connectivity index (χ1v) is 7.18. The quantitative estimate of drug-likeness (QED) is 0.936. The maximum atomic E-state index is 5.71. The number of hydrogen-bond donors (Lipinski definition) is 1. The van der Waals surface area contributed by atoms with Gasteiger partial charge in [-0.2, -0.15) is 0 Å². The van der Waals surface area contributed by atoms with E-state index in [1.807, 2.05) is 25.4 Å². The minimum absolute atomic E-state index is 0.712. The Hall–Kier alpha value is -1.59. The van der Waals surface area contributed by atoms with Crippen molar-refractivity contribution >= 4 is 11.3 Å². The maximum absolute atomic E-state index is 5.71. The Balaban J connectivity index is 1.89. The molecule has 1 aromatic carbocycles. The molecule has 19 heavy (non-hydrogen) atoms. The van der Waals surface area contributed by atoms with Gasteiger partial charge in [-0.1, -0.05) is 0 Å². The standard InChI is InChI=1S/C14H16N2O2S/c1-15-9-14-16-8-13(19-14)10-3-4-11-12(7-10)18-6-2-5-17-11/h3-4,7-8,15H,2,5-6,9H2,1H3. The number of nitrogens with zero attached hydrogens (tertiary/aromatic N) is 1. The van der Waals surface area contributed by atoms with E-state index in [-0.39, 0.29) is 0 Å². The molecule has 3 rings (SSSR count). The Kier molecular flexibility index (Phi) is 3.66. The number of nitrogens with one attached hydrogen (secondary N) is 1. The predicted octanol–water partition coefficient (Wildman–Crippen LogP) is 2.69. The largest absolute Gasteiger partial charge is 0.490 e. The number of benzene rings is 1. The lowest BCUT2D eigenvalue weighted by Crippen LogP contribution is -2.03. The summed E-state index contributed by atoms with van der Waals surface area (Å²) in [6, 6.07) is 6.08. The Labute approximate surface area is 116 Å². The van der Waals surface area contributed by atoms with Gasteiger partial charge in [0.2, 0.25) is 0 Å². The van der Waals surface area contributed by atoms with E-state index in [2.05, 4.69) is 16.4 Å². The van der Waals surface area contributed by atoms with Gasteiger partial charge in [-0.15, -0.1) is 11.3 Å². The fourth-order valence-electron chi connectivity index (χ4n) is 1.99. The van der Waals surface area contributed by atoms with Crippen molar-refractivity contribution in [1.82, 2.24) is 10.3 Å². The highest BCUT2D eigenvalue weighted by Gasteiger charge is 2.12. The van der Waals surface area contributed by atoms with Crippen LogP contribution < -0.4 is 14.8 Å². The molecule has 2 aromatic rings. The van der Waals surface area contributed by atoms with Gasteiger partial charge in [-0.25, -0.2) is 4.98 Å². The summed E-state index contributed by atoms with van der Waals surface area (Å²) in [5.74, 6) is 1.67. The number of thiazole rings is 1. The second-order valence-corrected chi connectivity index (χ2v) is 5.48. The van der Waals surface area contributed by atoms with Gasteiger partial charge in [0.15, 0.2) is 11.5 Å². The number of hydrogen-bond acceptors (Lipinski definition) is 5. The molecule has 0 aliphatic carbocycles. The SMILES string of the molecule is CNCc1ncc(-c2ccc3c(c2)OCCCO3)s1. The summed E-state index contributed by atoms with van der Waals surface area (Å²) in [6.45, 7) is 2.23. The van der Waals surface area contributed by atoms with Crippen molar-refractivity contribution in [3.8, 4) is 21.9 Å². The van der Waals surface area contributed by atoms with E-state index in [0.717, 1.165) is 46.5 Å². The Morgan fingerprint density at radius 3 is 2.95 bits per heavy atom. The van der Waals surface area contributed by atoms with Crippen LogP contribution in [0.15, 0.2) is 24.4 Å². The van der Waals surface area contributed by atoms with Crippen LogP contribution in [0.1, 0.15) is 11.4 Å². The minimum atomic E-state index is 0.712. The highest BCUT2D eigenvalue weighted by molar-refractivity contribution is 7.15. The first-order valence-electron chi connectivity index (χ1n) is 6.36. The average Bonchev–Trinajstić information content (AvgIpc) is 2.76. The molecule has 0 unspecified atom stereocenters. The van der Waals surface area contributed by atoms with Crippen molar-refractivity contribution < 1.29 is 9.47 Å². The molecule has 1 aliphatic heterocycles. The fourth-order valence-corrected chi connectivity index (χ4v) is 2.92. The maximum Gasteiger partial charge on any atom is 0.161 e. The minimum Gasteiger partial charge on any atom is -0.490 e. The summed E-state index contributed by atoms with van der Waals surface area (Å²) >= 11 is 1.70. The average molecular weight is 276 g/mol. The van der Waals surface area contributed by atoms with Crippen LogP contribution in [0.4, 0.5) is 0 Å². The second kappa shape index (κ2) is 5.59. The summed E-state index contributed by atoms with van der Waals surface area (Å²) < 4.78 is 11.3. The molecule has 0 fully saturated rings.